The Morgan fingerprint density at radius 1 is 1.04 bits per heavy atom. The minimum atomic E-state index is -0.727. The predicted molar refractivity (Wildman–Crippen MR) is 94.3 cm³/mol. The van der Waals surface area contributed by atoms with Crippen LogP contribution >= 0.6 is 11.6 Å². The summed E-state index contributed by atoms with van der Waals surface area (Å²) in [5.74, 6) is -0.665. The van der Waals surface area contributed by atoms with Gasteiger partial charge in [0.25, 0.3) is 0 Å². The summed E-state index contributed by atoms with van der Waals surface area (Å²) in [7, 11) is 0. The molecule has 0 aromatic heterocycles. The van der Waals surface area contributed by atoms with Crippen LogP contribution in [0.3, 0.4) is 0 Å². The first-order valence-electron chi connectivity index (χ1n) is 7.59. The molecule has 0 heterocycles. The lowest BCUT2D eigenvalue weighted by molar-refractivity contribution is -0.136. The van der Waals surface area contributed by atoms with Crippen LogP contribution in [0, 0.1) is 0 Å². The first-order valence-corrected chi connectivity index (χ1v) is 7.97. The van der Waals surface area contributed by atoms with Gasteiger partial charge in [0.2, 0.25) is 0 Å². The fraction of sp³-hybridized carbons (Fsp3) is 0.222. The minimum Gasteiger partial charge on any atom is -0.494 e. The Morgan fingerprint density at radius 3 is 2.25 bits per heavy atom. The summed E-state index contributed by atoms with van der Waals surface area (Å²) in [6.07, 6.45) is 0. The average molecular weight is 347 g/mol. The summed E-state index contributed by atoms with van der Waals surface area (Å²) in [4.78, 5) is 23.9. The molecule has 0 saturated carbocycles. The summed E-state index contributed by atoms with van der Waals surface area (Å²) in [6, 6.07) is 13.6. The highest BCUT2D eigenvalue weighted by molar-refractivity contribution is 6.39. The standard InChI is InChI=1S/C18H19ClN2O3/c1-3-24-16-10-4-13(5-11-16)12(2)20-17(22)18(23)21-15-8-6-14(19)7-9-15/h4-12H,3H2,1-2H3,(H,20,22)(H,21,23). The molecule has 0 spiro atoms. The van der Waals surface area contributed by atoms with Crippen molar-refractivity contribution in [2.24, 2.45) is 0 Å². The van der Waals surface area contributed by atoms with E-state index in [0.717, 1.165) is 11.3 Å². The third kappa shape index (κ3) is 4.99. The van der Waals surface area contributed by atoms with Crippen LogP contribution in [0.4, 0.5) is 5.69 Å². The molecule has 0 aliphatic rings. The van der Waals surface area contributed by atoms with Gasteiger partial charge in [0, 0.05) is 10.7 Å². The van der Waals surface area contributed by atoms with E-state index in [1.54, 1.807) is 24.3 Å². The predicted octanol–water partition coefficient (Wildman–Crippen LogP) is 3.55. The van der Waals surface area contributed by atoms with Crippen molar-refractivity contribution in [2.75, 3.05) is 11.9 Å². The number of hydrogen-bond donors (Lipinski definition) is 2. The Balaban J connectivity index is 1.92. The van der Waals surface area contributed by atoms with Gasteiger partial charge < -0.3 is 15.4 Å². The van der Waals surface area contributed by atoms with Crippen LogP contribution in [-0.2, 0) is 9.59 Å². The van der Waals surface area contributed by atoms with E-state index in [0.29, 0.717) is 17.3 Å². The third-order valence-corrected chi connectivity index (χ3v) is 3.60. The summed E-state index contributed by atoms with van der Waals surface area (Å²) in [6.45, 7) is 4.32. The number of nitrogens with one attached hydrogen (secondary N) is 2. The zero-order chi connectivity index (χ0) is 17.5. The number of rotatable bonds is 5. The fourth-order valence-corrected chi connectivity index (χ4v) is 2.21. The van der Waals surface area contributed by atoms with Crippen molar-refractivity contribution in [3.8, 4) is 5.75 Å². The molecule has 1 atom stereocenters. The van der Waals surface area contributed by atoms with Gasteiger partial charge in [0.15, 0.2) is 0 Å². The molecule has 24 heavy (non-hydrogen) atoms. The summed E-state index contributed by atoms with van der Waals surface area (Å²) >= 11 is 5.78. The van der Waals surface area contributed by atoms with E-state index in [-0.39, 0.29) is 6.04 Å². The Hall–Kier alpha value is -2.53. The molecule has 0 saturated heterocycles. The van der Waals surface area contributed by atoms with Crippen molar-refractivity contribution in [2.45, 2.75) is 19.9 Å². The smallest absolute Gasteiger partial charge is 0.313 e. The lowest BCUT2D eigenvalue weighted by Crippen LogP contribution is -2.36. The van der Waals surface area contributed by atoms with Crippen LogP contribution < -0.4 is 15.4 Å². The van der Waals surface area contributed by atoms with Crippen LogP contribution in [0.15, 0.2) is 48.5 Å². The van der Waals surface area contributed by atoms with E-state index in [1.807, 2.05) is 38.1 Å². The molecular formula is C18H19ClN2O3. The molecule has 1 unspecified atom stereocenters. The number of ether oxygens (including phenoxy) is 1. The number of carbonyl (C=O) groups is 2. The monoisotopic (exact) mass is 346 g/mol. The number of hydrogen-bond acceptors (Lipinski definition) is 3. The zero-order valence-corrected chi connectivity index (χ0v) is 14.3. The second kappa shape index (κ2) is 8.36. The van der Waals surface area contributed by atoms with Gasteiger partial charge in [-0.25, -0.2) is 0 Å². The van der Waals surface area contributed by atoms with Crippen LogP contribution in [0.1, 0.15) is 25.5 Å². The van der Waals surface area contributed by atoms with E-state index in [4.69, 9.17) is 16.3 Å². The van der Waals surface area contributed by atoms with Crippen molar-refractivity contribution in [3.63, 3.8) is 0 Å². The van der Waals surface area contributed by atoms with E-state index in [1.165, 1.54) is 0 Å². The second-order valence-electron chi connectivity index (χ2n) is 5.16. The van der Waals surface area contributed by atoms with Crippen LogP contribution in [0.25, 0.3) is 0 Å². The number of halogens is 1. The maximum Gasteiger partial charge on any atom is 0.313 e. The number of benzene rings is 2. The van der Waals surface area contributed by atoms with Crippen molar-refractivity contribution in [1.29, 1.82) is 0 Å². The normalized spacial score (nSPS) is 11.5. The first kappa shape index (κ1) is 17.8. The minimum absolute atomic E-state index is 0.302. The Kier molecular flexibility index (Phi) is 6.21. The maximum absolute atomic E-state index is 12.0. The second-order valence-corrected chi connectivity index (χ2v) is 5.59. The SMILES string of the molecule is CCOc1ccc(C(C)NC(=O)C(=O)Nc2ccc(Cl)cc2)cc1. The molecule has 5 nitrogen and oxygen atoms in total. The van der Waals surface area contributed by atoms with Gasteiger partial charge in [-0.1, -0.05) is 23.7 Å². The van der Waals surface area contributed by atoms with Gasteiger partial charge in [0.05, 0.1) is 12.6 Å². The van der Waals surface area contributed by atoms with E-state index in [2.05, 4.69) is 10.6 Å². The Morgan fingerprint density at radius 2 is 1.67 bits per heavy atom. The Bertz CT molecular complexity index is 699. The lowest BCUT2D eigenvalue weighted by Gasteiger charge is -2.15. The molecule has 2 amide bonds. The largest absolute Gasteiger partial charge is 0.494 e. The molecule has 6 heteroatoms. The molecule has 126 valence electrons. The van der Waals surface area contributed by atoms with Crippen LogP contribution in [0.5, 0.6) is 5.75 Å². The highest BCUT2D eigenvalue weighted by atomic mass is 35.5. The van der Waals surface area contributed by atoms with Crippen LogP contribution in [0.2, 0.25) is 5.02 Å². The van der Waals surface area contributed by atoms with Crippen LogP contribution in [-0.4, -0.2) is 18.4 Å². The summed E-state index contributed by atoms with van der Waals surface area (Å²) in [5, 5.41) is 5.74. The molecule has 0 aliphatic carbocycles. The highest BCUT2D eigenvalue weighted by Gasteiger charge is 2.17. The van der Waals surface area contributed by atoms with Crippen molar-refractivity contribution < 1.29 is 14.3 Å². The number of carbonyl (C=O) groups excluding carboxylic acids is 2. The third-order valence-electron chi connectivity index (χ3n) is 3.35. The fourth-order valence-electron chi connectivity index (χ4n) is 2.09. The van der Waals surface area contributed by atoms with E-state index < -0.39 is 11.8 Å². The van der Waals surface area contributed by atoms with Gasteiger partial charge in [-0.05, 0) is 55.8 Å². The maximum atomic E-state index is 12.0. The van der Waals surface area contributed by atoms with E-state index in [9.17, 15) is 9.59 Å². The first-order chi connectivity index (χ1) is 11.5. The van der Waals surface area contributed by atoms with Crippen molar-refractivity contribution in [3.05, 3.63) is 59.1 Å². The molecule has 2 aromatic rings. The van der Waals surface area contributed by atoms with Gasteiger partial charge in [0.1, 0.15) is 5.75 Å². The van der Waals surface area contributed by atoms with Crippen molar-refractivity contribution >= 4 is 29.1 Å². The summed E-state index contributed by atoms with van der Waals surface area (Å²) in [5.41, 5.74) is 1.39. The zero-order valence-electron chi connectivity index (χ0n) is 13.5. The van der Waals surface area contributed by atoms with Gasteiger partial charge in [-0.15, -0.1) is 0 Å². The Labute approximate surface area is 146 Å². The quantitative estimate of drug-likeness (QED) is 0.813. The molecule has 0 radical (unpaired) electrons. The lowest BCUT2D eigenvalue weighted by atomic mass is 10.1. The van der Waals surface area contributed by atoms with Gasteiger partial charge in [-0.3, -0.25) is 9.59 Å². The molecule has 0 bridgehead atoms. The molecule has 2 N–H and O–H groups in total. The van der Waals surface area contributed by atoms with Gasteiger partial charge >= 0.3 is 11.8 Å². The van der Waals surface area contributed by atoms with Gasteiger partial charge in [-0.2, -0.15) is 0 Å². The molecular weight excluding hydrogens is 328 g/mol. The molecule has 0 aliphatic heterocycles. The summed E-state index contributed by atoms with van der Waals surface area (Å²) < 4.78 is 5.37. The molecule has 2 aromatic carbocycles. The number of anilines is 1. The molecule has 0 fully saturated rings. The topological polar surface area (TPSA) is 67.4 Å². The van der Waals surface area contributed by atoms with E-state index >= 15 is 0 Å². The molecule has 2 rings (SSSR count). The van der Waals surface area contributed by atoms with Crippen molar-refractivity contribution in [1.82, 2.24) is 5.32 Å². The average Bonchev–Trinajstić information content (AvgIpc) is 2.57. The number of amides is 2. The highest BCUT2D eigenvalue weighted by Crippen LogP contribution is 2.18.